The van der Waals surface area contributed by atoms with Gasteiger partial charge in [0.05, 0.1) is 13.7 Å². The molecular weight excluding hydrogens is 450 g/mol. The van der Waals surface area contributed by atoms with Crippen molar-refractivity contribution in [2.45, 2.75) is 39.7 Å². The number of hydrogen-bond donors (Lipinski definition) is 1. The lowest BCUT2D eigenvalue weighted by molar-refractivity contribution is -0.121. The second kappa shape index (κ2) is 11.7. The molecule has 1 saturated heterocycles. The standard InChI is InChI=1S/C30H39N3O3/c1-21(2)31-30(34)19-33-23(4)28-17-27(36-20-22(3)18-32-13-6-7-14-32)12-11-24(28)16-29(33)25-9-8-10-26(15-25)35-5/h8-12,15-17,21-22H,4,6-7,13-14,18-20H2,1-3,5H3,(H,31,34)/t22-/m0/s1. The van der Waals surface area contributed by atoms with Gasteiger partial charge in [0.2, 0.25) is 5.91 Å². The summed E-state index contributed by atoms with van der Waals surface area (Å²) in [6.45, 7) is 14.9. The fourth-order valence-corrected chi connectivity index (χ4v) is 4.93. The maximum absolute atomic E-state index is 12.8. The molecule has 0 unspecified atom stereocenters. The first-order valence-corrected chi connectivity index (χ1v) is 13.0. The van der Waals surface area contributed by atoms with Crippen molar-refractivity contribution in [3.63, 3.8) is 0 Å². The predicted octanol–water partition coefficient (Wildman–Crippen LogP) is 5.11. The Morgan fingerprint density at radius 1 is 1.08 bits per heavy atom. The molecule has 36 heavy (non-hydrogen) atoms. The first-order valence-electron chi connectivity index (χ1n) is 13.0. The third-order valence-electron chi connectivity index (χ3n) is 6.66. The maximum atomic E-state index is 12.8. The number of carbonyl (C=O) groups excluding carboxylic acids is 1. The third-order valence-corrected chi connectivity index (χ3v) is 6.66. The van der Waals surface area contributed by atoms with Crippen LogP contribution in [0, 0.1) is 5.92 Å². The molecule has 192 valence electrons. The molecule has 2 aliphatic rings. The molecule has 1 amide bonds. The van der Waals surface area contributed by atoms with Crippen LogP contribution in [-0.4, -0.2) is 61.6 Å². The molecule has 6 nitrogen and oxygen atoms in total. The molecule has 0 spiro atoms. The van der Waals surface area contributed by atoms with Crippen LogP contribution >= 0.6 is 0 Å². The number of nitrogens with one attached hydrogen (secondary N) is 1. The molecule has 0 aliphatic carbocycles. The molecule has 1 fully saturated rings. The van der Waals surface area contributed by atoms with Crippen LogP contribution in [0.1, 0.15) is 50.3 Å². The molecule has 2 heterocycles. The molecular formula is C30H39N3O3. The van der Waals surface area contributed by atoms with Crippen molar-refractivity contribution in [1.29, 1.82) is 0 Å². The summed E-state index contributed by atoms with van der Waals surface area (Å²) in [4.78, 5) is 17.3. The molecule has 2 aromatic carbocycles. The summed E-state index contributed by atoms with van der Waals surface area (Å²) < 4.78 is 11.6. The number of likely N-dealkylation sites (tertiary alicyclic amines) is 1. The van der Waals surface area contributed by atoms with E-state index in [-0.39, 0.29) is 18.5 Å². The Kier molecular flexibility index (Phi) is 8.36. The highest BCUT2D eigenvalue weighted by Gasteiger charge is 2.26. The van der Waals surface area contributed by atoms with E-state index >= 15 is 0 Å². The fourth-order valence-electron chi connectivity index (χ4n) is 4.93. The quantitative estimate of drug-likeness (QED) is 0.502. The average molecular weight is 490 g/mol. The summed E-state index contributed by atoms with van der Waals surface area (Å²) in [5, 5.41) is 3.00. The zero-order chi connectivity index (χ0) is 25.7. The molecule has 0 saturated carbocycles. The van der Waals surface area contributed by atoms with E-state index in [1.165, 1.54) is 25.9 Å². The molecule has 1 atom stereocenters. The van der Waals surface area contributed by atoms with Gasteiger partial charge in [-0.05, 0) is 75.7 Å². The molecule has 0 bridgehead atoms. The Bertz CT molecular complexity index is 1120. The highest BCUT2D eigenvalue weighted by atomic mass is 16.5. The Morgan fingerprint density at radius 2 is 1.86 bits per heavy atom. The Labute approximate surface area is 215 Å². The molecule has 2 aromatic rings. The highest BCUT2D eigenvalue weighted by Crippen LogP contribution is 2.39. The van der Waals surface area contributed by atoms with Crippen LogP contribution in [0.3, 0.4) is 0 Å². The van der Waals surface area contributed by atoms with Gasteiger partial charge in [-0.15, -0.1) is 0 Å². The van der Waals surface area contributed by atoms with Gasteiger partial charge in [-0.25, -0.2) is 0 Å². The number of methoxy groups -OCH3 is 1. The van der Waals surface area contributed by atoms with E-state index in [4.69, 9.17) is 9.47 Å². The van der Waals surface area contributed by atoms with Crippen LogP contribution in [0.5, 0.6) is 11.5 Å². The summed E-state index contributed by atoms with van der Waals surface area (Å²) in [6.07, 6.45) is 4.72. The molecule has 2 aliphatic heterocycles. The Hall–Kier alpha value is -3.25. The number of carbonyl (C=O) groups is 1. The largest absolute Gasteiger partial charge is 0.497 e. The maximum Gasteiger partial charge on any atom is 0.240 e. The van der Waals surface area contributed by atoms with Gasteiger partial charge in [0.25, 0.3) is 0 Å². The summed E-state index contributed by atoms with van der Waals surface area (Å²) in [7, 11) is 1.66. The van der Waals surface area contributed by atoms with Gasteiger partial charge < -0.3 is 24.6 Å². The number of rotatable bonds is 10. The minimum atomic E-state index is -0.0495. The second-order valence-corrected chi connectivity index (χ2v) is 10.2. The van der Waals surface area contributed by atoms with Crippen molar-refractivity contribution in [3.05, 3.63) is 65.7 Å². The van der Waals surface area contributed by atoms with E-state index in [0.29, 0.717) is 12.5 Å². The van der Waals surface area contributed by atoms with Crippen LogP contribution in [0.25, 0.3) is 17.5 Å². The summed E-state index contributed by atoms with van der Waals surface area (Å²) in [6, 6.07) is 14.1. The van der Waals surface area contributed by atoms with Gasteiger partial charge in [-0.3, -0.25) is 4.79 Å². The first kappa shape index (κ1) is 25.8. The van der Waals surface area contributed by atoms with Gasteiger partial charge in [0.1, 0.15) is 18.0 Å². The lowest BCUT2D eigenvalue weighted by Crippen LogP contribution is -2.39. The van der Waals surface area contributed by atoms with Crippen molar-refractivity contribution in [3.8, 4) is 11.5 Å². The Morgan fingerprint density at radius 3 is 2.58 bits per heavy atom. The van der Waals surface area contributed by atoms with Gasteiger partial charge in [-0.1, -0.05) is 31.7 Å². The van der Waals surface area contributed by atoms with Gasteiger partial charge in [0, 0.05) is 41.0 Å². The van der Waals surface area contributed by atoms with Gasteiger partial charge in [0.15, 0.2) is 0 Å². The van der Waals surface area contributed by atoms with Crippen molar-refractivity contribution in [1.82, 2.24) is 15.1 Å². The zero-order valence-corrected chi connectivity index (χ0v) is 22.0. The molecule has 6 heteroatoms. The van der Waals surface area contributed by atoms with Crippen LogP contribution < -0.4 is 14.8 Å². The normalized spacial score (nSPS) is 16.5. The average Bonchev–Trinajstić information content (AvgIpc) is 3.37. The lowest BCUT2D eigenvalue weighted by atomic mass is 9.95. The number of amides is 1. The van der Waals surface area contributed by atoms with E-state index in [9.17, 15) is 4.79 Å². The first-order chi connectivity index (χ1) is 17.3. The van der Waals surface area contributed by atoms with Crippen molar-refractivity contribution in [2.75, 3.05) is 39.9 Å². The number of hydrogen-bond acceptors (Lipinski definition) is 5. The molecule has 0 radical (unpaired) electrons. The highest BCUT2D eigenvalue weighted by molar-refractivity contribution is 5.96. The summed E-state index contributed by atoms with van der Waals surface area (Å²) >= 11 is 0. The summed E-state index contributed by atoms with van der Waals surface area (Å²) in [5.41, 5.74) is 4.69. The van der Waals surface area contributed by atoms with Gasteiger partial charge in [-0.2, -0.15) is 0 Å². The second-order valence-electron chi connectivity index (χ2n) is 10.2. The van der Waals surface area contributed by atoms with Crippen LogP contribution in [0.4, 0.5) is 0 Å². The van der Waals surface area contributed by atoms with E-state index in [1.54, 1.807) is 7.11 Å². The number of ether oxygens (including phenoxy) is 2. The minimum Gasteiger partial charge on any atom is -0.497 e. The van der Waals surface area contributed by atoms with Crippen molar-refractivity contribution < 1.29 is 14.3 Å². The van der Waals surface area contributed by atoms with E-state index in [2.05, 4.69) is 35.9 Å². The van der Waals surface area contributed by atoms with Crippen molar-refractivity contribution >= 4 is 23.4 Å². The topological polar surface area (TPSA) is 54.0 Å². The van der Waals surface area contributed by atoms with Gasteiger partial charge >= 0.3 is 0 Å². The van der Waals surface area contributed by atoms with E-state index < -0.39 is 0 Å². The summed E-state index contributed by atoms with van der Waals surface area (Å²) in [5.74, 6) is 2.00. The smallest absolute Gasteiger partial charge is 0.240 e. The predicted molar refractivity (Wildman–Crippen MR) is 147 cm³/mol. The zero-order valence-electron chi connectivity index (χ0n) is 22.0. The van der Waals surface area contributed by atoms with Crippen LogP contribution in [0.15, 0.2) is 49.0 Å². The Balaban J connectivity index is 1.58. The third kappa shape index (κ3) is 6.30. The lowest BCUT2D eigenvalue weighted by Gasteiger charge is -2.34. The van der Waals surface area contributed by atoms with E-state index in [1.807, 2.05) is 55.1 Å². The van der Waals surface area contributed by atoms with Crippen molar-refractivity contribution in [2.24, 2.45) is 5.92 Å². The molecule has 0 aromatic heterocycles. The molecule has 1 N–H and O–H groups in total. The van der Waals surface area contributed by atoms with Crippen LogP contribution in [0.2, 0.25) is 0 Å². The number of benzene rings is 2. The number of nitrogens with zero attached hydrogens (tertiary/aromatic N) is 2. The van der Waals surface area contributed by atoms with E-state index in [0.717, 1.165) is 46.1 Å². The van der Waals surface area contributed by atoms with Crippen LogP contribution in [-0.2, 0) is 4.79 Å². The fraction of sp³-hybridized carbons (Fsp3) is 0.433. The SMILES string of the molecule is C=C1c2cc(OC[C@@H](C)CN3CCCC3)ccc2C=C(c2cccc(OC)c2)N1CC(=O)NC(C)C. The minimum absolute atomic E-state index is 0.0495. The monoisotopic (exact) mass is 489 g/mol. The number of fused-ring (bicyclic) bond motifs is 1. The molecule has 4 rings (SSSR count).